The second-order valence-electron chi connectivity index (χ2n) is 8.25. The first-order valence-corrected chi connectivity index (χ1v) is 12.2. The van der Waals surface area contributed by atoms with Gasteiger partial charge in [0.15, 0.2) is 11.5 Å². The summed E-state index contributed by atoms with van der Waals surface area (Å²) >= 11 is 0. The number of ether oxygens (including phenoxy) is 3. The monoisotopic (exact) mass is 499 g/mol. The molecule has 2 heterocycles. The molecule has 11 heteroatoms. The normalized spacial score (nSPS) is 18.4. The van der Waals surface area contributed by atoms with Crippen LogP contribution in [0, 0.1) is 12.8 Å². The number of halogens is 3. The molecule has 7 nitrogen and oxygen atoms in total. The topological polar surface area (TPSA) is 82.1 Å². The fourth-order valence-corrected chi connectivity index (χ4v) is 5.42. The third kappa shape index (κ3) is 5.15. The number of esters is 1. The highest BCUT2D eigenvalue weighted by Gasteiger charge is 2.46. The number of nitrogens with zero attached hydrogens (tertiary/aromatic N) is 1. The molecule has 0 aliphatic carbocycles. The minimum Gasteiger partial charge on any atom is -0.486 e. The van der Waals surface area contributed by atoms with Crippen molar-refractivity contribution in [1.82, 2.24) is 4.31 Å². The lowest BCUT2D eigenvalue weighted by Gasteiger charge is -2.31. The molecule has 0 saturated carbocycles. The lowest BCUT2D eigenvalue weighted by atomic mass is 9.98. The van der Waals surface area contributed by atoms with Gasteiger partial charge in [0.2, 0.25) is 16.1 Å². The summed E-state index contributed by atoms with van der Waals surface area (Å²) in [6.07, 6.45) is -7.18. The molecule has 0 amide bonds. The summed E-state index contributed by atoms with van der Waals surface area (Å²) in [5, 5.41) is 0. The molecule has 184 valence electrons. The van der Waals surface area contributed by atoms with Gasteiger partial charge >= 0.3 is 12.1 Å². The van der Waals surface area contributed by atoms with Crippen LogP contribution in [0.4, 0.5) is 13.2 Å². The fraction of sp³-hybridized carbons (Fsp3) is 0.435. The van der Waals surface area contributed by atoms with E-state index in [-0.39, 0.29) is 48.7 Å². The molecule has 0 radical (unpaired) electrons. The number of hydrogen-bond acceptors (Lipinski definition) is 6. The van der Waals surface area contributed by atoms with E-state index < -0.39 is 34.2 Å². The number of alkyl halides is 3. The zero-order chi connectivity index (χ0) is 24.5. The Balaban J connectivity index is 1.43. The van der Waals surface area contributed by atoms with Gasteiger partial charge in [0.25, 0.3) is 0 Å². The predicted molar refractivity (Wildman–Crippen MR) is 115 cm³/mol. The summed E-state index contributed by atoms with van der Waals surface area (Å²) in [6.45, 7) is 2.36. The lowest BCUT2D eigenvalue weighted by Crippen LogP contribution is -2.41. The highest BCUT2D eigenvalue weighted by molar-refractivity contribution is 7.89. The van der Waals surface area contributed by atoms with Crippen LogP contribution in [0.3, 0.4) is 0 Å². The van der Waals surface area contributed by atoms with Crippen molar-refractivity contribution < 1.29 is 40.6 Å². The van der Waals surface area contributed by atoms with E-state index in [4.69, 9.17) is 14.2 Å². The maximum Gasteiger partial charge on any atom is 0.429 e. The van der Waals surface area contributed by atoms with Crippen molar-refractivity contribution in [2.75, 3.05) is 26.3 Å². The van der Waals surface area contributed by atoms with Crippen LogP contribution >= 0.6 is 0 Å². The molecule has 1 fully saturated rings. The van der Waals surface area contributed by atoms with Crippen LogP contribution in [-0.4, -0.2) is 51.2 Å². The number of sulfonamides is 1. The Labute approximate surface area is 195 Å². The van der Waals surface area contributed by atoms with Crippen LogP contribution in [0.1, 0.15) is 30.1 Å². The van der Waals surface area contributed by atoms with E-state index in [0.29, 0.717) is 12.4 Å². The number of rotatable bonds is 5. The molecular weight excluding hydrogens is 475 g/mol. The van der Waals surface area contributed by atoms with E-state index in [1.54, 1.807) is 12.1 Å². The van der Waals surface area contributed by atoms with Gasteiger partial charge in [-0.15, -0.1) is 0 Å². The van der Waals surface area contributed by atoms with Crippen molar-refractivity contribution in [3.63, 3.8) is 0 Å². The first-order valence-electron chi connectivity index (χ1n) is 10.8. The average Bonchev–Trinajstić information content (AvgIpc) is 2.81. The number of carbonyl (C=O) groups excluding carboxylic acids is 1. The van der Waals surface area contributed by atoms with Crippen LogP contribution in [0.5, 0.6) is 11.5 Å². The zero-order valence-electron chi connectivity index (χ0n) is 18.4. The maximum absolute atomic E-state index is 13.8. The number of fused-ring (bicyclic) bond motifs is 1. The Morgan fingerprint density at radius 3 is 2.26 bits per heavy atom. The molecule has 1 unspecified atom stereocenters. The molecule has 0 spiro atoms. The van der Waals surface area contributed by atoms with Gasteiger partial charge in [-0.2, -0.15) is 17.5 Å². The number of hydrogen-bond donors (Lipinski definition) is 0. The van der Waals surface area contributed by atoms with Gasteiger partial charge in [-0.05, 0) is 44.0 Å². The van der Waals surface area contributed by atoms with E-state index in [9.17, 15) is 26.4 Å². The van der Waals surface area contributed by atoms with Gasteiger partial charge in [-0.3, -0.25) is 4.79 Å². The van der Waals surface area contributed by atoms with Crippen molar-refractivity contribution in [2.24, 2.45) is 5.92 Å². The summed E-state index contributed by atoms with van der Waals surface area (Å²) in [4.78, 5) is 12.8. The van der Waals surface area contributed by atoms with Crippen LogP contribution in [0.15, 0.2) is 47.4 Å². The SMILES string of the molecule is Cc1ccc(S(=O)(=O)N2CCC(C(=O)OC(c3ccc4c(c3)OCCO4)C(F)(F)F)CC2)cc1. The first kappa shape index (κ1) is 24.3. The maximum atomic E-state index is 13.8. The van der Waals surface area contributed by atoms with Crippen LogP contribution in [0.25, 0.3) is 0 Å². The van der Waals surface area contributed by atoms with Gasteiger partial charge in [-0.25, -0.2) is 8.42 Å². The van der Waals surface area contributed by atoms with E-state index in [1.807, 2.05) is 6.92 Å². The zero-order valence-corrected chi connectivity index (χ0v) is 19.2. The van der Waals surface area contributed by atoms with Crippen LogP contribution in [0.2, 0.25) is 0 Å². The minimum absolute atomic E-state index is 0.0106. The summed E-state index contributed by atoms with van der Waals surface area (Å²) in [6, 6.07) is 10.1. The second kappa shape index (κ2) is 9.46. The molecule has 34 heavy (non-hydrogen) atoms. The molecule has 4 rings (SSSR count). The molecule has 0 aromatic heterocycles. The van der Waals surface area contributed by atoms with Gasteiger partial charge in [0.1, 0.15) is 13.2 Å². The summed E-state index contributed by atoms with van der Waals surface area (Å²) in [5.74, 6) is -1.37. The molecule has 2 aromatic rings. The highest BCUT2D eigenvalue weighted by Crippen LogP contribution is 2.41. The van der Waals surface area contributed by atoms with E-state index in [0.717, 1.165) is 11.6 Å². The third-order valence-corrected chi connectivity index (χ3v) is 7.76. The van der Waals surface area contributed by atoms with Crippen LogP contribution < -0.4 is 9.47 Å². The smallest absolute Gasteiger partial charge is 0.429 e. The Morgan fingerprint density at radius 1 is 1.03 bits per heavy atom. The number of benzene rings is 2. The highest BCUT2D eigenvalue weighted by atomic mass is 32.2. The summed E-state index contributed by atoms with van der Waals surface area (Å²) < 4.78 is 83.8. The van der Waals surface area contributed by atoms with Crippen molar-refractivity contribution in [3.05, 3.63) is 53.6 Å². The molecule has 0 bridgehead atoms. The number of aryl methyl sites for hydroxylation is 1. The van der Waals surface area contributed by atoms with Crippen molar-refractivity contribution >= 4 is 16.0 Å². The molecule has 2 aliphatic rings. The van der Waals surface area contributed by atoms with Crippen molar-refractivity contribution in [1.29, 1.82) is 0 Å². The largest absolute Gasteiger partial charge is 0.486 e. The van der Waals surface area contributed by atoms with Crippen molar-refractivity contribution in [3.8, 4) is 11.5 Å². The molecule has 0 N–H and O–H groups in total. The summed E-state index contributed by atoms with van der Waals surface area (Å²) in [7, 11) is -3.75. The standard InChI is InChI=1S/C23H24F3NO6S/c1-15-2-5-18(6-3-15)34(29,30)27-10-8-16(9-11-27)22(28)33-21(23(24,25)26)17-4-7-19-20(14-17)32-13-12-31-19/h2-7,14,16,21H,8-13H2,1H3. The Morgan fingerprint density at radius 2 is 1.65 bits per heavy atom. The predicted octanol–water partition coefficient (Wildman–Crippen LogP) is 4.01. The van der Waals surface area contributed by atoms with E-state index in [2.05, 4.69) is 0 Å². The van der Waals surface area contributed by atoms with Crippen molar-refractivity contribution in [2.45, 2.75) is 36.9 Å². The van der Waals surface area contributed by atoms with E-state index >= 15 is 0 Å². The fourth-order valence-electron chi connectivity index (χ4n) is 3.95. The number of carbonyl (C=O) groups is 1. The Hall–Kier alpha value is -2.79. The summed E-state index contributed by atoms with van der Waals surface area (Å²) in [5.41, 5.74) is 0.641. The first-order chi connectivity index (χ1) is 16.1. The quantitative estimate of drug-likeness (QED) is 0.579. The Kier molecular flexibility index (Phi) is 6.77. The molecule has 1 saturated heterocycles. The molecule has 1 atom stereocenters. The molecule has 2 aromatic carbocycles. The van der Waals surface area contributed by atoms with Gasteiger partial charge in [-0.1, -0.05) is 23.8 Å². The van der Waals surface area contributed by atoms with Gasteiger partial charge < -0.3 is 14.2 Å². The van der Waals surface area contributed by atoms with Crippen LogP contribution in [-0.2, 0) is 19.6 Å². The van der Waals surface area contributed by atoms with Gasteiger partial charge in [0.05, 0.1) is 10.8 Å². The minimum atomic E-state index is -4.84. The number of piperidine rings is 1. The molecule has 2 aliphatic heterocycles. The lowest BCUT2D eigenvalue weighted by molar-refractivity contribution is -0.226. The van der Waals surface area contributed by atoms with E-state index in [1.165, 1.54) is 28.6 Å². The second-order valence-corrected chi connectivity index (χ2v) is 10.2. The Bertz CT molecular complexity index is 1140. The van der Waals surface area contributed by atoms with Gasteiger partial charge in [0, 0.05) is 18.7 Å². The molecular formula is C23H24F3NO6S. The average molecular weight is 500 g/mol. The third-order valence-electron chi connectivity index (χ3n) is 5.85.